The lowest BCUT2D eigenvalue weighted by Gasteiger charge is -2.48. The second-order valence-electron chi connectivity index (χ2n) is 3.92. The smallest absolute Gasteiger partial charge is 0.182 e. The molecule has 10 heavy (non-hydrogen) atoms. The number of fused-ring (bicyclic) bond motifs is 3. The first-order valence-electron chi connectivity index (χ1n) is 4.28. The molecule has 2 heterocycles. The van der Waals surface area contributed by atoms with Gasteiger partial charge in [0, 0.05) is 6.04 Å². The molecule has 0 aromatic rings. The van der Waals surface area contributed by atoms with Gasteiger partial charge in [-0.05, 0) is 37.6 Å². The monoisotopic (exact) mass is 135 g/mol. The first kappa shape index (κ1) is 6.72. The Morgan fingerprint density at radius 2 is 2.20 bits per heavy atom. The first-order chi connectivity index (χ1) is 4.77. The van der Waals surface area contributed by atoms with Gasteiger partial charge in [-0.1, -0.05) is 6.92 Å². The number of hydrogen-bond donors (Lipinski definition) is 0. The highest BCUT2D eigenvalue weighted by Crippen LogP contribution is 2.37. The largest absolute Gasteiger partial charge is 0.350 e. The highest BCUT2D eigenvalue weighted by atomic mass is 15.1. The van der Waals surface area contributed by atoms with E-state index in [1.54, 1.807) is 0 Å². The molecule has 3 aliphatic rings. The van der Waals surface area contributed by atoms with Crippen molar-refractivity contribution in [2.75, 3.05) is 6.54 Å². The van der Waals surface area contributed by atoms with Gasteiger partial charge in [0.15, 0.2) is 7.98 Å². The summed E-state index contributed by atoms with van der Waals surface area (Å²) in [6.07, 6.45) is 4.17. The zero-order chi connectivity index (χ0) is 7.14. The van der Waals surface area contributed by atoms with E-state index in [4.69, 9.17) is 7.98 Å². The molecule has 0 N–H and O–H groups in total. The highest BCUT2D eigenvalue weighted by molar-refractivity contribution is 6.04. The molecule has 2 heteroatoms. The van der Waals surface area contributed by atoms with Gasteiger partial charge in [0.25, 0.3) is 0 Å². The lowest BCUT2D eigenvalue weighted by Crippen LogP contribution is -2.50. The van der Waals surface area contributed by atoms with Crippen LogP contribution in [0.5, 0.6) is 0 Å². The van der Waals surface area contributed by atoms with E-state index in [9.17, 15) is 0 Å². The van der Waals surface area contributed by atoms with E-state index >= 15 is 0 Å². The molecule has 1 nitrogen and oxygen atoms in total. The molecule has 2 bridgehead atoms. The second-order valence-corrected chi connectivity index (χ2v) is 3.92. The van der Waals surface area contributed by atoms with Crippen LogP contribution < -0.4 is 0 Å². The molecule has 3 atom stereocenters. The van der Waals surface area contributed by atoms with Gasteiger partial charge in [0.2, 0.25) is 0 Å². The maximum Gasteiger partial charge on any atom is 0.182 e. The molecule has 2 radical (unpaired) electrons. The van der Waals surface area contributed by atoms with Crippen LogP contribution in [0.1, 0.15) is 26.2 Å². The Hall–Kier alpha value is 0.0249. The summed E-state index contributed by atoms with van der Waals surface area (Å²) in [5.41, 5.74) is 0. The lowest BCUT2D eigenvalue weighted by atomic mass is 9.72. The van der Waals surface area contributed by atoms with Crippen molar-refractivity contribution in [2.45, 2.75) is 32.2 Å². The third-order valence-corrected chi connectivity index (χ3v) is 3.13. The third kappa shape index (κ3) is 0.896. The summed E-state index contributed by atoms with van der Waals surface area (Å²) in [5, 5.41) is 0. The van der Waals surface area contributed by atoms with Crippen LogP contribution in [0.25, 0.3) is 0 Å². The van der Waals surface area contributed by atoms with Crippen molar-refractivity contribution in [1.82, 2.24) is 4.81 Å². The summed E-state index contributed by atoms with van der Waals surface area (Å²) in [6, 6.07) is 0.699. The normalized spacial score (nSPS) is 47.9. The fraction of sp³-hybridized carbons (Fsp3) is 1.00. The SMILES string of the molecule is [B]N1CC2CCC1C(C)C2. The topological polar surface area (TPSA) is 3.24 Å². The van der Waals surface area contributed by atoms with Crippen LogP contribution in [0.4, 0.5) is 0 Å². The Labute approximate surface area is 64.2 Å². The molecular formula is C8H14BN. The summed E-state index contributed by atoms with van der Waals surface area (Å²) < 4.78 is 0. The minimum atomic E-state index is 0.699. The van der Waals surface area contributed by atoms with Crippen molar-refractivity contribution in [1.29, 1.82) is 0 Å². The first-order valence-corrected chi connectivity index (χ1v) is 4.28. The maximum atomic E-state index is 5.84. The van der Waals surface area contributed by atoms with Gasteiger partial charge < -0.3 is 4.81 Å². The fourth-order valence-corrected chi connectivity index (χ4v) is 2.58. The zero-order valence-corrected chi connectivity index (χ0v) is 6.59. The molecule has 2 aliphatic heterocycles. The number of piperidine rings is 2. The Morgan fingerprint density at radius 1 is 1.40 bits per heavy atom. The van der Waals surface area contributed by atoms with Gasteiger partial charge in [0.1, 0.15) is 0 Å². The van der Waals surface area contributed by atoms with Gasteiger partial charge >= 0.3 is 0 Å². The third-order valence-electron chi connectivity index (χ3n) is 3.13. The van der Waals surface area contributed by atoms with Crippen molar-refractivity contribution >= 4 is 7.98 Å². The van der Waals surface area contributed by atoms with Crippen molar-refractivity contribution in [3.8, 4) is 0 Å². The molecule has 3 fully saturated rings. The number of rotatable bonds is 0. The standard InChI is InChI=1S/C8H14BN/c1-6-4-7-2-3-8(6)10(9)5-7/h6-8H,2-5H2,1H3. The Bertz CT molecular complexity index is 125. The average molecular weight is 135 g/mol. The molecular weight excluding hydrogens is 121 g/mol. The van der Waals surface area contributed by atoms with Gasteiger partial charge in [-0.25, -0.2) is 0 Å². The van der Waals surface area contributed by atoms with Crippen LogP contribution in [-0.4, -0.2) is 25.4 Å². The lowest BCUT2D eigenvalue weighted by molar-refractivity contribution is 0.0714. The van der Waals surface area contributed by atoms with Gasteiger partial charge in [-0.3, -0.25) is 0 Å². The molecule has 3 rings (SSSR count). The van der Waals surface area contributed by atoms with Crippen LogP contribution >= 0.6 is 0 Å². The van der Waals surface area contributed by atoms with Gasteiger partial charge in [-0.2, -0.15) is 0 Å². The van der Waals surface area contributed by atoms with E-state index in [0.717, 1.165) is 18.4 Å². The molecule has 0 spiro atoms. The predicted octanol–water partition coefficient (Wildman–Crippen LogP) is 1.19. The Kier molecular flexibility index (Phi) is 1.52. The van der Waals surface area contributed by atoms with Crippen LogP contribution in [0.2, 0.25) is 0 Å². The molecule has 2 saturated heterocycles. The molecule has 3 unspecified atom stereocenters. The van der Waals surface area contributed by atoms with E-state index in [0.29, 0.717) is 6.04 Å². The minimum Gasteiger partial charge on any atom is -0.350 e. The Morgan fingerprint density at radius 3 is 2.60 bits per heavy atom. The summed E-state index contributed by atoms with van der Waals surface area (Å²) in [7, 11) is 5.84. The van der Waals surface area contributed by atoms with Gasteiger partial charge in [0.05, 0.1) is 0 Å². The van der Waals surface area contributed by atoms with E-state index in [1.807, 2.05) is 0 Å². The second kappa shape index (κ2) is 2.26. The summed E-state index contributed by atoms with van der Waals surface area (Å²) in [5.74, 6) is 1.75. The molecule has 0 aromatic carbocycles. The van der Waals surface area contributed by atoms with Crippen LogP contribution in [0, 0.1) is 11.8 Å². The quantitative estimate of drug-likeness (QED) is 0.451. The van der Waals surface area contributed by atoms with Crippen LogP contribution in [-0.2, 0) is 0 Å². The molecule has 0 amide bonds. The highest BCUT2D eigenvalue weighted by Gasteiger charge is 2.35. The molecule has 1 aliphatic carbocycles. The summed E-state index contributed by atoms with van der Waals surface area (Å²) in [4.78, 5) is 2.06. The van der Waals surface area contributed by atoms with Crippen molar-refractivity contribution in [3.63, 3.8) is 0 Å². The van der Waals surface area contributed by atoms with Crippen molar-refractivity contribution in [2.24, 2.45) is 11.8 Å². The number of nitrogens with zero attached hydrogens (tertiary/aromatic N) is 1. The molecule has 0 aromatic heterocycles. The molecule has 54 valence electrons. The fourth-order valence-electron chi connectivity index (χ4n) is 2.58. The van der Waals surface area contributed by atoms with E-state index in [-0.39, 0.29) is 0 Å². The van der Waals surface area contributed by atoms with Crippen molar-refractivity contribution in [3.05, 3.63) is 0 Å². The number of hydrogen-bond acceptors (Lipinski definition) is 1. The predicted molar refractivity (Wildman–Crippen MR) is 42.8 cm³/mol. The zero-order valence-electron chi connectivity index (χ0n) is 6.59. The minimum absolute atomic E-state index is 0.699. The average Bonchev–Trinajstić information content (AvgIpc) is 1.86. The van der Waals surface area contributed by atoms with Crippen LogP contribution in [0.3, 0.4) is 0 Å². The summed E-state index contributed by atoms with van der Waals surface area (Å²) in [6.45, 7) is 3.48. The maximum absolute atomic E-state index is 5.84. The van der Waals surface area contributed by atoms with Crippen LogP contribution in [0.15, 0.2) is 0 Å². The van der Waals surface area contributed by atoms with E-state index < -0.39 is 0 Å². The van der Waals surface area contributed by atoms with Gasteiger partial charge in [-0.15, -0.1) is 0 Å². The van der Waals surface area contributed by atoms with E-state index in [1.165, 1.54) is 19.3 Å². The molecule has 1 saturated carbocycles. The van der Waals surface area contributed by atoms with E-state index in [2.05, 4.69) is 11.7 Å². The van der Waals surface area contributed by atoms with Crippen molar-refractivity contribution < 1.29 is 0 Å². The Balaban J connectivity index is 2.11. The summed E-state index contributed by atoms with van der Waals surface area (Å²) >= 11 is 0.